The van der Waals surface area contributed by atoms with Crippen LogP contribution in [0.25, 0.3) is 0 Å². The molecule has 0 bridgehead atoms. The summed E-state index contributed by atoms with van der Waals surface area (Å²) in [6.07, 6.45) is 0. The molecule has 0 atom stereocenters. The second-order valence-corrected chi connectivity index (χ2v) is 4.23. The first-order valence-corrected chi connectivity index (χ1v) is 6.33. The van der Waals surface area contributed by atoms with Gasteiger partial charge in [-0.05, 0) is 32.5 Å². The molecule has 0 aromatic heterocycles. The molecule has 2 rings (SSSR count). The zero-order valence-corrected chi connectivity index (χ0v) is 10.6. The third-order valence-corrected chi connectivity index (χ3v) is 3.19. The molecule has 0 amide bonds. The second kappa shape index (κ2) is 5.92. The van der Waals surface area contributed by atoms with Gasteiger partial charge in [0.2, 0.25) is 0 Å². The lowest BCUT2D eigenvalue weighted by Gasteiger charge is -2.36. The van der Waals surface area contributed by atoms with Crippen molar-refractivity contribution in [3.05, 3.63) is 31.2 Å². The van der Waals surface area contributed by atoms with E-state index in [0.717, 1.165) is 45.1 Å². The molecule has 1 aromatic carbocycles. The Balaban J connectivity index is 2.07. The van der Waals surface area contributed by atoms with Crippen molar-refractivity contribution in [2.45, 2.75) is 6.92 Å². The molecule has 0 N–H and O–H groups in total. The Morgan fingerprint density at radius 3 is 2.53 bits per heavy atom. The Morgan fingerprint density at radius 2 is 1.88 bits per heavy atom. The molecule has 3 heteroatoms. The molecule has 0 spiro atoms. The van der Waals surface area contributed by atoms with Gasteiger partial charge in [-0.3, -0.25) is 4.90 Å². The number of para-hydroxylation sites is 2. The van der Waals surface area contributed by atoms with Crippen LogP contribution in [0.2, 0.25) is 0 Å². The minimum atomic E-state index is 0.718. The maximum atomic E-state index is 5.68. The number of hydrogen-bond donors (Lipinski definition) is 0. The van der Waals surface area contributed by atoms with E-state index in [-0.39, 0.29) is 0 Å². The first-order valence-electron chi connectivity index (χ1n) is 6.33. The third-order valence-electron chi connectivity index (χ3n) is 3.19. The molecule has 3 nitrogen and oxygen atoms in total. The number of ether oxygens (including phenoxy) is 1. The van der Waals surface area contributed by atoms with Crippen LogP contribution in [0.4, 0.5) is 5.69 Å². The van der Waals surface area contributed by atoms with E-state index in [1.54, 1.807) is 0 Å². The minimum absolute atomic E-state index is 0.718. The van der Waals surface area contributed by atoms with Crippen molar-refractivity contribution in [3.8, 4) is 5.75 Å². The highest BCUT2D eigenvalue weighted by Crippen LogP contribution is 2.28. The summed E-state index contributed by atoms with van der Waals surface area (Å²) in [5.74, 6) is 0.998. The summed E-state index contributed by atoms with van der Waals surface area (Å²) in [5, 5.41) is 0. The van der Waals surface area contributed by atoms with Crippen molar-refractivity contribution in [2.24, 2.45) is 0 Å². The Labute approximate surface area is 104 Å². The predicted molar refractivity (Wildman–Crippen MR) is 71.6 cm³/mol. The fourth-order valence-corrected chi connectivity index (χ4v) is 2.21. The lowest BCUT2D eigenvalue weighted by molar-refractivity contribution is 0.280. The zero-order valence-electron chi connectivity index (χ0n) is 10.6. The minimum Gasteiger partial charge on any atom is -0.492 e. The van der Waals surface area contributed by atoms with E-state index in [2.05, 4.69) is 28.9 Å². The van der Waals surface area contributed by atoms with Crippen LogP contribution >= 0.6 is 0 Å². The summed E-state index contributed by atoms with van der Waals surface area (Å²) in [6, 6.07) is 8.30. The Bertz CT molecular complexity index is 346. The maximum absolute atomic E-state index is 5.68. The zero-order chi connectivity index (χ0) is 12.1. The maximum Gasteiger partial charge on any atom is 0.142 e. The third kappa shape index (κ3) is 2.91. The molecule has 1 aliphatic heterocycles. The van der Waals surface area contributed by atoms with E-state index in [1.165, 1.54) is 5.69 Å². The molecule has 1 radical (unpaired) electrons. The average Bonchev–Trinajstić information content (AvgIpc) is 2.40. The molecule has 0 saturated carbocycles. The Kier molecular flexibility index (Phi) is 4.26. The van der Waals surface area contributed by atoms with Crippen LogP contribution in [0.5, 0.6) is 5.75 Å². The summed E-state index contributed by atoms with van der Waals surface area (Å²) in [6.45, 7) is 11.9. The van der Waals surface area contributed by atoms with E-state index in [4.69, 9.17) is 4.74 Å². The molecule has 1 aliphatic rings. The molecule has 17 heavy (non-hydrogen) atoms. The summed E-state index contributed by atoms with van der Waals surface area (Å²) >= 11 is 0. The summed E-state index contributed by atoms with van der Waals surface area (Å²) in [4.78, 5) is 4.77. The molecular formula is C14H21N2O. The number of nitrogens with zero attached hydrogens (tertiary/aromatic N) is 2. The summed E-state index contributed by atoms with van der Waals surface area (Å²) in [5.41, 5.74) is 1.22. The first kappa shape index (κ1) is 12.2. The molecule has 1 fully saturated rings. The van der Waals surface area contributed by atoms with E-state index in [0.29, 0.717) is 0 Å². The molecule has 1 saturated heterocycles. The van der Waals surface area contributed by atoms with Crippen molar-refractivity contribution in [1.29, 1.82) is 0 Å². The van der Waals surface area contributed by atoms with Crippen LogP contribution in [0.3, 0.4) is 0 Å². The summed E-state index contributed by atoms with van der Waals surface area (Å²) < 4.78 is 5.68. The molecule has 1 heterocycles. The monoisotopic (exact) mass is 233 g/mol. The topological polar surface area (TPSA) is 15.7 Å². The Morgan fingerprint density at radius 1 is 1.18 bits per heavy atom. The van der Waals surface area contributed by atoms with Crippen LogP contribution in [0.15, 0.2) is 24.3 Å². The standard InChI is InChI=1S/C14H21N2O/c1-3-15-9-11-16(12-10-15)13-7-5-6-8-14(13)17-4-2/h5-8H,1,3-4,9-12H2,2H3. The van der Waals surface area contributed by atoms with Crippen molar-refractivity contribution >= 4 is 5.69 Å². The number of hydrogen-bond acceptors (Lipinski definition) is 3. The summed E-state index contributed by atoms with van der Waals surface area (Å²) in [7, 11) is 0. The predicted octanol–water partition coefficient (Wildman–Crippen LogP) is 2.04. The number of piperazine rings is 1. The van der Waals surface area contributed by atoms with Crippen LogP contribution in [0.1, 0.15) is 6.92 Å². The van der Waals surface area contributed by atoms with E-state index in [1.807, 2.05) is 19.1 Å². The van der Waals surface area contributed by atoms with Crippen LogP contribution in [0, 0.1) is 6.92 Å². The highest BCUT2D eigenvalue weighted by atomic mass is 16.5. The number of anilines is 1. The second-order valence-electron chi connectivity index (χ2n) is 4.23. The molecule has 1 aromatic rings. The SMILES string of the molecule is [CH2]CN1CCN(c2ccccc2OCC)CC1. The molecule has 0 aliphatic carbocycles. The highest BCUT2D eigenvalue weighted by Gasteiger charge is 2.18. The van der Waals surface area contributed by atoms with Gasteiger partial charge in [0.15, 0.2) is 0 Å². The van der Waals surface area contributed by atoms with Gasteiger partial charge in [0.25, 0.3) is 0 Å². The molecule has 93 valence electrons. The van der Waals surface area contributed by atoms with Gasteiger partial charge in [-0.2, -0.15) is 0 Å². The number of rotatable bonds is 4. The fraction of sp³-hybridized carbons (Fsp3) is 0.500. The van der Waals surface area contributed by atoms with Crippen molar-refractivity contribution in [1.82, 2.24) is 4.90 Å². The highest BCUT2D eigenvalue weighted by molar-refractivity contribution is 5.58. The lowest BCUT2D eigenvalue weighted by atomic mass is 10.2. The van der Waals surface area contributed by atoms with E-state index < -0.39 is 0 Å². The lowest BCUT2D eigenvalue weighted by Crippen LogP contribution is -2.46. The number of benzene rings is 1. The smallest absolute Gasteiger partial charge is 0.142 e. The normalized spacial score (nSPS) is 17.2. The quantitative estimate of drug-likeness (QED) is 0.791. The average molecular weight is 233 g/mol. The van der Waals surface area contributed by atoms with Gasteiger partial charge in [0.1, 0.15) is 5.75 Å². The van der Waals surface area contributed by atoms with Gasteiger partial charge in [-0.15, -0.1) is 0 Å². The van der Waals surface area contributed by atoms with Gasteiger partial charge in [0, 0.05) is 26.2 Å². The molecular weight excluding hydrogens is 212 g/mol. The van der Waals surface area contributed by atoms with E-state index >= 15 is 0 Å². The van der Waals surface area contributed by atoms with Crippen LogP contribution < -0.4 is 9.64 Å². The van der Waals surface area contributed by atoms with Crippen LogP contribution in [-0.4, -0.2) is 44.2 Å². The molecule has 0 unspecified atom stereocenters. The van der Waals surface area contributed by atoms with Crippen molar-refractivity contribution in [3.63, 3.8) is 0 Å². The van der Waals surface area contributed by atoms with Gasteiger partial charge in [-0.25, -0.2) is 0 Å². The van der Waals surface area contributed by atoms with Crippen molar-refractivity contribution < 1.29 is 4.74 Å². The van der Waals surface area contributed by atoms with Gasteiger partial charge >= 0.3 is 0 Å². The Hall–Kier alpha value is -1.22. The van der Waals surface area contributed by atoms with Gasteiger partial charge < -0.3 is 9.64 Å². The fourth-order valence-electron chi connectivity index (χ4n) is 2.21. The van der Waals surface area contributed by atoms with E-state index in [9.17, 15) is 0 Å². The first-order chi connectivity index (χ1) is 8.35. The van der Waals surface area contributed by atoms with Gasteiger partial charge in [-0.1, -0.05) is 12.1 Å². The van der Waals surface area contributed by atoms with Crippen molar-refractivity contribution in [2.75, 3.05) is 44.2 Å². The van der Waals surface area contributed by atoms with Gasteiger partial charge in [0.05, 0.1) is 12.3 Å². The largest absolute Gasteiger partial charge is 0.492 e. The van der Waals surface area contributed by atoms with Crippen LogP contribution in [-0.2, 0) is 0 Å².